The smallest absolute Gasteiger partial charge is 0.276 e. The minimum Gasteiger partial charge on any atom is -0.391 e. The second-order valence-corrected chi connectivity index (χ2v) is 8.47. The van der Waals surface area contributed by atoms with Gasteiger partial charge < -0.3 is 5.11 Å². The number of aliphatic hydroxyl groups is 1. The zero-order valence-corrected chi connectivity index (χ0v) is 19.5. The van der Waals surface area contributed by atoms with E-state index in [-0.39, 0.29) is 17.2 Å². The lowest BCUT2D eigenvalue weighted by atomic mass is 10.1. The fraction of sp³-hybridized carbons (Fsp3) is 0.160. The number of halogens is 1. The summed E-state index contributed by atoms with van der Waals surface area (Å²) in [7, 11) is 0. The first kappa shape index (κ1) is 22.9. The van der Waals surface area contributed by atoms with Gasteiger partial charge in [0.25, 0.3) is 5.91 Å². The van der Waals surface area contributed by atoms with E-state index in [1.165, 1.54) is 0 Å². The summed E-state index contributed by atoms with van der Waals surface area (Å²) in [5, 5.41) is 19.1. The fourth-order valence-corrected chi connectivity index (χ4v) is 3.98. The number of aliphatic hydroxyl groups excluding tert-OH is 1. The molecule has 5 rings (SSSR count). The number of carbonyl (C=O) groups excluding carboxylic acids is 1. The third-order valence-corrected chi connectivity index (χ3v) is 5.71. The van der Waals surface area contributed by atoms with E-state index in [0.29, 0.717) is 23.4 Å². The maximum absolute atomic E-state index is 12.3. The Hall–Kier alpha value is -3.92. The van der Waals surface area contributed by atoms with E-state index in [1.54, 1.807) is 36.0 Å². The van der Waals surface area contributed by atoms with Gasteiger partial charge in [-0.25, -0.2) is 15.1 Å². The molecule has 0 saturated heterocycles. The molecule has 5 aromatic rings. The number of nitrogens with one attached hydrogen (secondary N) is 1. The second-order valence-electron chi connectivity index (χ2n) is 8.06. The maximum Gasteiger partial charge on any atom is 0.276 e. The molecule has 2 N–H and O–H groups in total. The van der Waals surface area contributed by atoms with Crippen LogP contribution in [0.4, 0.5) is 0 Å². The predicted octanol–water partition coefficient (Wildman–Crippen LogP) is 3.79. The average molecular weight is 489 g/mol. The van der Waals surface area contributed by atoms with Crippen molar-refractivity contribution in [3.63, 3.8) is 0 Å². The maximum atomic E-state index is 12.3. The van der Waals surface area contributed by atoms with Crippen molar-refractivity contribution in [1.82, 2.24) is 30.4 Å². The average Bonchev–Trinajstić information content (AvgIpc) is 3.26. The number of aromatic nitrogens is 5. The van der Waals surface area contributed by atoms with Crippen molar-refractivity contribution in [2.75, 3.05) is 6.61 Å². The molecule has 0 saturated carbocycles. The first-order chi connectivity index (χ1) is 17.0. The van der Waals surface area contributed by atoms with Crippen molar-refractivity contribution in [1.29, 1.82) is 0 Å². The van der Waals surface area contributed by atoms with E-state index in [0.717, 1.165) is 22.0 Å². The summed E-state index contributed by atoms with van der Waals surface area (Å²) in [6.07, 6.45) is 1.07. The summed E-state index contributed by atoms with van der Waals surface area (Å²) >= 11 is 6.38. The van der Waals surface area contributed by atoms with Gasteiger partial charge in [-0.3, -0.25) is 14.6 Å². The number of nitrogens with zero attached hydrogens (tertiary/aromatic N) is 5. The number of fused-ring (bicyclic) bond motifs is 2. The Kier molecular flexibility index (Phi) is 6.37. The van der Waals surface area contributed by atoms with Crippen molar-refractivity contribution in [3.05, 3.63) is 83.0 Å². The molecule has 0 radical (unpaired) electrons. The molecule has 0 spiro atoms. The number of pyridine rings is 2. The second kappa shape index (κ2) is 9.75. The summed E-state index contributed by atoms with van der Waals surface area (Å²) in [6, 6.07) is 18.7. The third kappa shape index (κ3) is 4.83. The van der Waals surface area contributed by atoms with Crippen molar-refractivity contribution < 1.29 is 14.7 Å². The number of amides is 1. The Morgan fingerprint density at radius 2 is 2.03 bits per heavy atom. The highest BCUT2D eigenvalue weighted by Gasteiger charge is 2.15. The van der Waals surface area contributed by atoms with Crippen LogP contribution in [0.5, 0.6) is 0 Å². The summed E-state index contributed by atoms with van der Waals surface area (Å²) < 4.78 is 1.74. The van der Waals surface area contributed by atoms with E-state index in [2.05, 4.69) is 20.8 Å². The van der Waals surface area contributed by atoms with E-state index >= 15 is 0 Å². The van der Waals surface area contributed by atoms with Crippen LogP contribution in [0.3, 0.4) is 0 Å². The van der Waals surface area contributed by atoms with E-state index in [9.17, 15) is 9.90 Å². The normalized spacial score (nSPS) is 12.2. The minimum atomic E-state index is -0.700. The SMILES string of the molecule is CC(O)CONC(=O)c1ccc(-c2ccc3nnn(Cc4cccc5cccnc45)c3n2)cc1Cl. The van der Waals surface area contributed by atoms with Gasteiger partial charge >= 0.3 is 0 Å². The van der Waals surface area contributed by atoms with Gasteiger partial charge in [0.05, 0.1) is 34.4 Å². The predicted molar refractivity (Wildman–Crippen MR) is 132 cm³/mol. The molecule has 1 atom stereocenters. The number of hydroxylamine groups is 1. The Morgan fingerprint density at radius 3 is 2.86 bits per heavy atom. The van der Waals surface area contributed by atoms with Crippen molar-refractivity contribution in [2.24, 2.45) is 0 Å². The van der Waals surface area contributed by atoms with Crippen molar-refractivity contribution in [3.8, 4) is 11.3 Å². The Morgan fingerprint density at radius 1 is 1.17 bits per heavy atom. The van der Waals surface area contributed by atoms with Crippen LogP contribution in [-0.4, -0.2) is 48.7 Å². The number of rotatable bonds is 7. The van der Waals surface area contributed by atoms with Gasteiger partial charge in [0.2, 0.25) is 0 Å². The highest BCUT2D eigenvalue weighted by molar-refractivity contribution is 6.34. The molecule has 10 heteroatoms. The van der Waals surface area contributed by atoms with Gasteiger partial charge in [0.15, 0.2) is 5.65 Å². The van der Waals surface area contributed by atoms with Gasteiger partial charge in [0, 0.05) is 17.1 Å². The topological polar surface area (TPSA) is 115 Å². The highest BCUT2D eigenvalue weighted by atomic mass is 35.5. The third-order valence-electron chi connectivity index (χ3n) is 5.39. The molecule has 176 valence electrons. The standard InChI is InChI=1S/C25H21ClN6O3/c1-15(33)14-35-30-25(34)19-8-7-17(12-20(19)26)21-9-10-22-24(28-21)32(31-29-22)13-18-5-2-4-16-6-3-11-27-23(16)18/h2-12,15,33H,13-14H2,1H3,(H,30,34). The van der Waals surface area contributed by atoms with Gasteiger partial charge in [-0.2, -0.15) is 0 Å². The molecular weight excluding hydrogens is 468 g/mol. The van der Waals surface area contributed by atoms with Crippen LogP contribution >= 0.6 is 11.6 Å². The molecule has 35 heavy (non-hydrogen) atoms. The molecule has 2 aromatic carbocycles. The minimum absolute atomic E-state index is 0.0259. The van der Waals surface area contributed by atoms with Crippen LogP contribution in [0.1, 0.15) is 22.8 Å². The molecule has 9 nitrogen and oxygen atoms in total. The molecule has 0 fully saturated rings. The van der Waals surface area contributed by atoms with Gasteiger partial charge in [-0.1, -0.05) is 47.1 Å². The van der Waals surface area contributed by atoms with Crippen LogP contribution in [-0.2, 0) is 11.4 Å². The van der Waals surface area contributed by atoms with E-state index in [1.807, 2.05) is 42.5 Å². The quantitative estimate of drug-likeness (QED) is 0.335. The van der Waals surface area contributed by atoms with Gasteiger partial charge in [-0.15, -0.1) is 5.10 Å². The molecule has 3 heterocycles. The first-order valence-corrected chi connectivity index (χ1v) is 11.3. The first-order valence-electron chi connectivity index (χ1n) is 10.9. The molecule has 1 amide bonds. The zero-order valence-electron chi connectivity index (χ0n) is 18.7. The lowest BCUT2D eigenvalue weighted by Crippen LogP contribution is -2.27. The zero-order chi connectivity index (χ0) is 24.4. The number of hydrogen-bond acceptors (Lipinski definition) is 7. The molecule has 1 unspecified atom stereocenters. The Balaban J connectivity index is 1.42. The van der Waals surface area contributed by atoms with Crippen molar-refractivity contribution >= 4 is 39.6 Å². The highest BCUT2D eigenvalue weighted by Crippen LogP contribution is 2.26. The molecule has 0 aliphatic heterocycles. The van der Waals surface area contributed by atoms with Crippen LogP contribution in [0.25, 0.3) is 33.3 Å². The van der Waals surface area contributed by atoms with Crippen LogP contribution in [0.15, 0.2) is 66.9 Å². The number of hydrogen-bond donors (Lipinski definition) is 2. The van der Waals surface area contributed by atoms with Crippen LogP contribution in [0, 0.1) is 0 Å². The molecule has 3 aromatic heterocycles. The van der Waals surface area contributed by atoms with Crippen LogP contribution in [0.2, 0.25) is 5.02 Å². The fourth-order valence-electron chi connectivity index (χ4n) is 3.72. The lowest BCUT2D eigenvalue weighted by molar-refractivity contribution is -0.00686. The molecule has 0 aliphatic rings. The summed E-state index contributed by atoms with van der Waals surface area (Å²) in [4.78, 5) is 26.6. The summed E-state index contributed by atoms with van der Waals surface area (Å²) in [5.41, 5.74) is 7.13. The van der Waals surface area contributed by atoms with Crippen LogP contribution < -0.4 is 5.48 Å². The van der Waals surface area contributed by atoms with E-state index in [4.69, 9.17) is 21.4 Å². The summed E-state index contributed by atoms with van der Waals surface area (Å²) in [6.45, 7) is 1.99. The largest absolute Gasteiger partial charge is 0.391 e. The van der Waals surface area contributed by atoms with E-state index < -0.39 is 12.0 Å². The van der Waals surface area contributed by atoms with Gasteiger partial charge in [0.1, 0.15) is 12.1 Å². The number of benzene rings is 2. The molecule has 0 bridgehead atoms. The molecule has 0 aliphatic carbocycles. The van der Waals surface area contributed by atoms with Gasteiger partial charge in [-0.05, 0) is 42.8 Å². The monoisotopic (exact) mass is 488 g/mol. The molecular formula is C25H21ClN6O3. The Bertz CT molecular complexity index is 1530. The number of para-hydroxylation sites is 1. The number of carbonyl (C=O) groups is 1. The summed E-state index contributed by atoms with van der Waals surface area (Å²) in [5.74, 6) is -0.503. The lowest BCUT2D eigenvalue weighted by Gasteiger charge is -2.10. The Labute approximate surface area is 205 Å². The van der Waals surface area contributed by atoms with Crippen molar-refractivity contribution in [2.45, 2.75) is 19.6 Å².